The Kier molecular flexibility index (Phi) is 3.89. The Bertz CT molecular complexity index is 1500. The first-order valence-electron chi connectivity index (χ1n) is 9.71. The van der Waals surface area contributed by atoms with Gasteiger partial charge in [-0.1, -0.05) is 23.4 Å². The molecule has 2 aromatic carbocycles. The number of nitrogens with one attached hydrogen (secondary N) is 1. The number of hydrogen-bond donors (Lipinski definition) is 1. The second kappa shape index (κ2) is 6.88. The first-order valence-corrected chi connectivity index (χ1v) is 9.71. The Balaban J connectivity index is 1.28. The molecule has 4 aromatic rings. The molecule has 4 heterocycles. The lowest BCUT2D eigenvalue weighted by atomic mass is 10.1. The van der Waals surface area contributed by atoms with Crippen LogP contribution in [0, 0.1) is 5.82 Å². The van der Waals surface area contributed by atoms with Gasteiger partial charge in [0.1, 0.15) is 29.4 Å². The van der Waals surface area contributed by atoms with Crippen LogP contribution in [0.1, 0.15) is 5.76 Å². The molecule has 0 radical (unpaired) electrons. The molecule has 6 rings (SSSR count). The molecule has 1 N–H and O–H groups in total. The van der Waals surface area contributed by atoms with E-state index in [1.807, 2.05) is 30.5 Å². The predicted molar refractivity (Wildman–Crippen MR) is 113 cm³/mol. The van der Waals surface area contributed by atoms with Crippen molar-refractivity contribution in [3.8, 4) is 34.0 Å². The number of H-pyrrole nitrogens is 1. The molecule has 2 aliphatic rings. The normalized spacial score (nSPS) is 11.5. The van der Waals surface area contributed by atoms with Gasteiger partial charge in [-0.25, -0.2) is 14.4 Å². The van der Waals surface area contributed by atoms with Crippen LogP contribution in [-0.2, 0) is 6.54 Å². The Hall–Kier alpha value is -4.33. The third-order valence-electron chi connectivity index (χ3n) is 5.16. The molecule has 2 aliphatic heterocycles. The minimum Gasteiger partial charge on any atom is -0.361 e. The zero-order chi connectivity index (χ0) is 20.8. The van der Waals surface area contributed by atoms with E-state index in [0.29, 0.717) is 35.1 Å². The molecule has 0 saturated heterocycles. The maximum atomic E-state index is 14.1. The van der Waals surface area contributed by atoms with Crippen LogP contribution >= 0.6 is 0 Å². The highest BCUT2D eigenvalue weighted by Gasteiger charge is 2.16. The minimum absolute atomic E-state index is 0.342. The number of hydrogen-bond acceptors (Lipinski definition) is 5. The zero-order valence-electron chi connectivity index (χ0n) is 16.2. The van der Waals surface area contributed by atoms with E-state index in [2.05, 4.69) is 31.3 Å². The Labute approximate surface area is 175 Å². The predicted octanol–water partition coefficient (Wildman–Crippen LogP) is 4.77. The summed E-state index contributed by atoms with van der Waals surface area (Å²) in [4.78, 5) is 12.0. The summed E-state index contributed by atoms with van der Waals surface area (Å²) in [5.74, 6) is 0.648. The van der Waals surface area contributed by atoms with Crippen molar-refractivity contribution in [2.75, 3.05) is 0 Å². The van der Waals surface area contributed by atoms with E-state index in [1.54, 1.807) is 35.3 Å². The van der Waals surface area contributed by atoms with Gasteiger partial charge in [-0.2, -0.15) is 5.10 Å². The van der Waals surface area contributed by atoms with Crippen LogP contribution in [0.2, 0.25) is 0 Å². The van der Waals surface area contributed by atoms with E-state index in [-0.39, 0.29) is 5.82 Å². The highest BCUT2D eigenvalue weighted by atomic mass is 19.1. The molecule has 7 nitrogen and oxygen atoms in total. The Morgan fingerprint density at radius 3 is 2.81 bits per heavy atom. The highest BCUT2D eigenvalue weighted by Crippen LogP contribution is 2.27. The number of halogens is 1. The molecule has 31 heavy (non-hydrogen) atoms. The van der Waals surface area contributed by atoms with E-state index in [4.69, 9.17) is 4.52 Å². The van der Waals surface area contributed by atoms with Crippen LogP contribution in [0.5, 0.6) is 0 Å². The number of fused-ring (bicyclic) bond motifs is 2. The van der Waals surface area contributed by atoms with Gasteiger partial charge in [0, 0.05) is 28.7 Å². The first kappa shape index (κ1) is 17.5. The van der Waals surface area contributed by atoms with Crippen molar-refractivity contribution in [3.63, 3.8) is 0 Å². The first-order chi connectivity index (χ1) is 15.2. The van der Waals surface area contributed by atoms with Gasteiger partial charge >= 0.3 is 0 Å². The quantitative estimate of drug-likeness (QED) is 0.453. The summed E-state index contributed by atoms with van der Waals surface area (Å²) in [6.07, 6.45) is 5.29. The van der Waals surface area contributed by atoms with Crippen LogP contribution in [0.15, 0.2) is 77.7 Å². The molecule has 0 saturated carbocycles. The molecule has 0 spiro atoms. The van der Waals surface area contributed by atoms with Gasteiger partial charge in [-0.3, -0.25) is 4.68 Å². The molecule has 0 aliphatic carbocycles. The largest absolute Gasteiger partial charge is 0.361 e. The van der Waals surface area contributed by atoms with Crippen molar-refractivity contribution in [1.29, 1.82) is 0 Å². The summed E-state index contributed by atoms with van der Waals surface area (Å²) >= 11 is 0. The average molecular weight is 410 g/mol. The lowest BCUT2D eigenvalue weighted by Gasteiger charge is -2.03. The van der Waals surface area contributed by atoms with E-state index < -0.39 is 0 Å². The summed E-state index contributed by atoms with van der Waals surface area (Å²) in [7, 11) is 0. The zero-order valence-corrected chi connectivity index (χ0v) is 16.2. The maximum Gasteiger partial charge on any atom is 0.163 e. The van der Waals surface area contributed by atoms with E-state index in [1.165, 1.54) is 6.07 Å². The van der Waals surface area contributed by atoms with Gasteiger partial charge in [0.05, 0.1) is 18.0 Å². The summed E-state index contributed by atoms with van der Waals surface area (Å²) in [6, 6.07) is 16.4. The third-order valence-corrected chi connectivity index (χ3v) is 5.16. The number of aromatic nitrogens is 6. The van der Waals surface area contributed by atoms with Gasteiger partial charge < -0.3 is 9.51 Å². The lowest BCUT2D eigenvalue weighted by molar-refractivity contribution is 0.372. The van der Waals surface area contributed by atoms with Crippen molar-refractivity contribution < 1.29 is 8.91 Å². The van der Waals surface area contributed by atoms with Crippen molar-refractivity contribution in [1.82, 2.24) is 29.9 Å². The molecule has 0 bridgehead atoms. The molecule has 0 amide bonds. The Morgan fingerprint density at radius 2 is 1.87 bits per heavy atom. The topological polar surface area (TPSA) is 85.4 Å². The summed E-state index contributed by atoms with van der Waals surface area (Å²) in [5.41, 5.74) is 4.41. The fourth-order valence-electron chi connectivity index (χ4n) is 3.61. The van der Waals surface area contributed by atoms with Crippen LogP contribution in [0.25, 0.3) is 44.9 Å². The lowest BCUT2D eigenvalue weighted by Crippen LogP contribution is -2.04. The number of benzene rings is 2. The van der Waals surface area contributed by atoms with E-state index >= 15 is 0 Å². The van der Waals surface area contributed by atoms with Crippen LogP contribution in [0.4, 0.5) is 4.39 Å². The van der Waals surface area contributed by atoms with Gasteiger partial charge in [0.25, 0.3) is 0 Å². The van der Waals surface area contributed by atoms with Crippen molar-refractivity contribution in [2.45, 2.75) is 6.54 Å². The molecule has 0 unspecified atom stereocenters. The molecular formula is C23H15FN6O. The van der Waals surface area contributed by atoms with Crippen molar-refractivity contribution in [2.24, 2.45) is 0 Å². The van der Waals surface area contributed by atoms with Gasteiger partial charge in [-0.05, 0) is 30.3 Å². The molecular weight excluding hydrogens is 395 g/mol. The second-order valence-electron chi connectivity index (χ2n) is 7.23. The van der Waals surface area contributed by atoms with Crippen LogP contribution in [0.3, 0.4) is 0 Å². The smallest absolute Gasteiger partial charge is 0.163 e. The summed E-state index contributed by atoms with van der Waals surface area (Å²) < 4.78 is 21.3. The van der Waals surface area contributed by atoms with Crippen LogP contribution in [-0.4, -0.2) is 29.9 Å². The van der Waals surface area contributed by atoms with Crippen molar-refractivity contribution in [3.05, 3.63) is 84.8 Å². The molecule has 0 atom stereocenters. The van der Waals surface area contributed by atoms with Gasteiger partial charge in [0.2, 0.25) is 0 Å². The third kappa shape index (κ3) is 3.14. The van der Waals surface area contributed by atoms with Gasteiger partial charge in [-0.15, -0.1) is 0 Å². The second-order valence-corrected chi connectivity index (χ2v) is 7.23. The molecule has 150 valence electrons. The minimum atomic E-state index is -0.356. The molecule has 0 fully saturated rings. The van der Waals surface area contributed by atoms with Crippen molar-refractivity contribution >= 4 is 10.9 Å². The number of imidazole rings is 1. The summed E-state index contributed by atoms with van der Waals surface area (Å²) in [5, 5.41) is 9.68. The average Bonchev–Trinajstić information content (AvgIpc) is 3.52. The molecule has 8 heteroatoms. The van der Waals surface area contributed by atoms with E-state index in [9.17, 15) is 4.39 Å². The Morgan fingerprint density at radius 1 is 0.968 bits per heavy atom. The van der Waals surface area contributed by atoms with Crippen LogP contribution < -0.4 is 0 Å². The summed E-state index contributed by atoms with van der Waals surface area (Å²) in [6.45, 7) is 0.386. The molecule has 2 aromatic heterocycles. The monoisotopic (exact) mass is 410 g/mol. The maximum absolute atomic E-state index is 14.1. The standard InChI is InChI=1S/C23H15FN6O/c24-18-4-2-1-3-17(18)23-27-21-11-26-30(13-22(21)28-23)12-16-10-20(29-31-16)14-5-6-19-15(9-14)7-8-25-19/h1-11,13,25H,12H2. The van der Waals surface area contributed by atoms with Gasteiger partial charge in [0.15, 0.2) is 11.6 Å². The fraction of sp³-hybridized carbons (Fsp3) is 0.0435. The van der Waals surface area contributed by atoms with E-state index in [0.717, 1.165) is 22.2 Å². The highest BCUT2D eigenvalue weighted by molar-refractivity contribution is 5.84. The SMILES string of the molecule is Fc1ccccc1-c1nc2cnn(Cc3cc(-c4ccc5[nH]ccc5c4)no3)cc-2n1. The number of nitrogens with zero attached hydrogens (tertiary/aromatic N) is 5. The number of rotatable bonds is 4. The number of aromatic amines is 1. The fourth-order valence-corrected chi connectivity index (χ4v) is 3.61.